The van der Waals surface area contributed by atoms with E-state index in [1.165, 1.54) is 18.9 Å². The summed E-state index contributed by atoms with van der Waals surface area (Å²) in [7, 11) is 0. The van der Waals surface area contributed by atoms with E-state index in [4.69, 9.17) is 5.11 Å². The minimum absolute atomic E-state index is 0.0297. The third-order valence-electron chi connectivity index (χ3n) is 4.36. The summed E-state index contributed by atoms with van der Waals surface area (Å²) in [5.74, 6) is -0.945. The zero-order valence-corrected chi connectivity index (χ0v) is 12.7. The van der Waals surface area contributed by atoms with Gasteiger partial charge in [0.25, 0.3) is 5.56 Å². The van der Waals surface area contributed by atoms with Gasteiger partial charge < -0.3 is 14.6 Å². The average molecular weight is 300 g/mol. The number of carbonyl (C=O) groups is 1. The number of hydrogen-bond acceptors (Lipinski definition) is 3. The predicted octanol–water partition coefficient (Wildman–Crippen LogP) is 2.10. The summed E-state index contributed by atoms with van der Waals surface area (Å²) in [4.78, 5) is 25.8. The Morgan fingerprint density at radius 3 is 2.59 bits per heavy atom. The monoisotopic (exact) mass is 300 g/mol. The highest BCUT2D eigenvalue weighted by atomic mass is 16.4. The summed E-state index contributed by atoms with van der Waals surface area (Å²) in [6.07, 6.45) is 2.46. The fourth-order valence-electron chi connectivity index (χ4n) is 3.26. The van der Waals surface area contributed by atoms with Gasteiger partial charge in [-0.1, -0.05) is 0 Å². The van der Waals surface area contributed by atoms with Crippen molar-refractivity contribution in [3.8, 4) is 0 Å². The Labute approximate surface area is 128 Å². The standard InChI is InChI=1S/C17H20N2O3/c1-12-10-14(17(21)22)11-13-4-5-15(20)19(16(12)13)9-8-18-6-2-3-7-18/h4-5,10-11H,2-3,6-9H2,1H3,(H,21,22). The molecule has 0 spiro atoms. The fourth-order valence-corrected chi connectivity index (χ4v) is 3.26. The first-order valence-electron chi connectivity index (χ1n) is 7.66. The summed E-state index contributed by atoms with van der Waals surface area (Å²) in [6.45, 7) is 5.56. The molecule has 22 heavy (non-hydrogen) atoms. The molecule has 1 N–H and O–H groups in total. The van der Waals surface area contributed by atoms with Gasteiger partial charge in [-0.05, 0) is 62.0 Å². The minimum Gasteiger partial charge on any atom is -0.478 e. The maximum atomic E-state index is 12.2. The van der Waals surface area contributed by atoms with E-state index in [2.05, 4.69) is 4.90 Å². The van der Waals surface area contributed by atoms with Crippen molar-refractivity contribution >= 4 is 16.9 Å². The van der Waals surface area contributed by atoms with Gasteiger partial charge in [0, 0.05) is 19.2 Å². The average Bonchev–Trinajstić information content (AvgIpc) is 2.99. The van der Waals surface area contributed by atoms with E-state index < -0.39 is 5.97 Å². The first-order valence-corrected chi connectivity index (χ1v) is 7.66. The Kier molecular flexibility index (Phi) is 3.98. The van der Waals surface area contributed by atoms with Crippen molar-refractivity contribution in [1.29, 1.82) is 0 Å². The quantitative estimate of drug-likeness (QED) is 0.939. The van der Waals surface area contributed by atoms with Crippen LogP contribution in [-0.2, 0) is 6.54 Å². The number of carboxylic acids is 1. The number of hydrogen-bond donors (Lipinski definition) is 1. The SMILES string of the molecule is Cc1cc(C(=O)O)cc2ccc(=O)n(CCN3CCCC3)c12. The molecule has 0 aliphatic carbocycles. The van der Waals surface area contributed by atoms with Crippen LogP contribution in [0.1, 0.15) is 28.8 Å². The Morgan fingerprint density at radius 2 is 1.91 bits per heavy atom. The van der Waals surface area contributed by atoms with Crippen LogP contribution in [0, 0.1) is 6.92 Å². The molecule has 0 radical (unpaired) electrons. The zero-order valence-electron chi connectivity index (χ0n) is 12.7. The highest BCUT2D eigenvalue weighted by Gasteiger charge is 2.14. The lowest BCUT2D eigenvalue weighted by molar-refractivity contribution is 0.0697. The van der Waals surface area contributed by atoms with Gasteiger partial charge in [-0.3, -0.25) is 4.79 Å². The Balaban J connectivity index is 2.02. The molecule has 3 rings (SSSR count). The number of aryl methyl sites for hydroxylation is 1. The van der Waals surface area contributed by atoms with Crippen LogP contribution < -0.4 is 5.56 Å². The van der Waals surface area contributed by atoms with Crippen LogP contribution in [-0.4, -0.2) is 40.2 Å². The summed E-state index contributed by atoms with van der Waals surface area (Å²) in [5, 5.41) is 9.97. The number of likely N-dealkylation sites (tertiary alicyclic amines) is 1. The van der Waals surface area contributed by atoms with E-state index in [0.29, 0.717) is 6.54 Å². The number of aromatic carboxylic acids is 1. The molecule has 5 nitrogen and oxygen atoms in total. The molecule has 0 atom stereocenters. The molecule has 0 saturated carbocycles. The van der Waals surface area contributed by atoms with Gasteiger partial charge in [-0.15, -0.1) is 0 Å². The predicted molar refractivity (Wildman–Crippen MR) is 85.6 cm³/mol. The van der Waals surface area contributed by atoms with E-state index in [9.17, 15) is 9.59 Å². The van der Waals surface area contributed by atoms with Crippen molar-refractivity contribution in [2.75, 3.05) is 19.6 Å². The van der Waals surface area contributed by atoms with Crippen molar-refractivity contribution in [3.05, 3.63) is 45.7 Å². The van der Waals surface area contributed by atoms with Gasteiger partial charge >= 0.3 is 5.97 Å². The molecule has 1 saturated heterocycles. The van der Waals surface area contributed by atoms with E-state index in [-0.39, 0.29) is 11.1 Å². The van der Waals surface area contributed by atoms with Gasteiger partial charge in [-0.2, -0.15) is 0 Å². The zero-order chi connectivity index (χ0) is 15.7. The largest absolute Gasteiger partial charge is 0.478 e. The van der Waals surface area contributed by atoms with Crippen LogP contribution in [0.4, 0.5) is 0 Å². The van der Waals surface area contributed by atoms with Crippen molar-refractivity contribution in [1.82, 2.24) is 9.47 Å². The lowest BCUT2D eigenvalue weighted by atomic mass is 10.1. The van der Waals surface area contributed by atoms with Gasteiger partial charge in [-0.25, -0.2) is 4.79 Å². The van der Waals surface area contributed by atoms with Crippen molar-refractivity contribution in [2.45, 2.75) is 26.3 Å². The van der Waals surface area contributed by atoms with Crippen LogP contribution >= 0.6 is 0 Å². The van der Waals surface area contributed by atoms with Crippen LogP contribution in [0.3, 0.4) is 0 Å². The fraction of sp³-hybridized carbons (Fsp3) is 0.412. The maximum Gasteiger partial charge on any atom is 0.335 e. The summed E-state index contributed by atoms with van der Waals surface area (Å²) in [6, 6.07) is 6.51. The molecule has 0 amide bonds. The Hall–Kier alpha value is -2.14. The number of nitrogens with zero attached hydrogens (tertiary/aromatic N) is 2. The van der Waals surface area contributed by atoms with Gasteiger partial charge in [0.2, 0.25) is 0 Å². The van der Waals surface area contributed by atoms with Crippen molar-refractivity contribution < 1.29 is 9.90 Å². The number of aromatic nitrogens is 1. The molecule has 1 aliphatic rings. The first-order chi connectivity index (χ1) is 10.6. The smallest absolute Gasteiger partial charge is 0.335 e. The second-order valence-electron chi connectivity index (χ2n) is 5.91. The van der Waals surface area contributed by atoms with Crippen LogP contribution in [0.5, 0.6) is 0 Å². The van der Waals surface area contributed by atoms with E-state index in [1.807, 2.05) is 6.92 Å². The summed E-state index contributed by atoms with van der Waals surface area (Å²) in [5.41, 5.74) is 1.90. The van der Waals surface area contributed by atoms with Gasteiger partial charge in [0.15, 0.2) is 0 Å². The Bertz CT molecular complexity index is 773. The van der Waals surface area contributed by atoms with Crippen molar-refractivity contribution in [2.24, 2.45) is 0 Å². The molecule has 5 heteroatoms. The molecule has 2 aromatic rings. The topological polar surface area (TPSA) is 62.5 Å². The molecule has 1 aliphatic heterocycles. The summed E-state index contributed by atoms with van der Waals surface area (Å²) >= 11 is 0. The highest BCUT2D eigenvalue weighted by molar-refractivity contribution is 5.94. The molecule has 0 bridgehead atoms. The van der Waals surface area contributed by atoms with Crippen LogP contribution in [0.15, 0.2) is 29.1 Å². The number of rotatable bonds is 4. The molecule has 116 valence electrons. The number of carboxylic acid groups (broad SMARTS) is 1. The maximum absolute atomic E-state index is 12.2. The molecular formula is C17H20N2O3. The molecule has 0 unspecified atom stereocenters. The highest BCUT2D eigenvalue weighted by Crippen LogP contribution is 2.20. The van der Waals surface area contributed by atoms with E-state index >= 15 is 0 Å². The van der Waals surface area contributed by atoms with Gasteiger partial charge in [0.05, 0.1) is 11.1 Å². The Morgan fingerprint density at radius 1 is 1.18 bits per heavy atom. The normalized spacial score (nSPS) is 15.5. The number of pyridine rings is 1. The lowest BCUT2D eigenvalue weighted by Gasteiger charge is -2.18. The van der Waals surface area contributed by atoms with Gasteiger partial charge in [0.1, 0.15) is 0 Å². The molecule has 1 aromatic carbocycles. The molecular weight excluding hydrogens is 280 g/mol. The number of benzene rings is 1. The second kappa shape index (κ2) is 5.93. The van der Waals surface area contributed by atoms with E-state index in [1.54, 1.807) is 22.8 Å². The second-order valence-corrected chi connectivity index (χ2v) is 5.91. The molecule has 1 aromatic heterocycles. The molecule has 1 fully saturated rings. The van der Waals surface area contributed by atoms with Crippen LogP contribution in [0.2, 0.25) is 0 Å². The third-order valence-corrected chi connectivity index (χ3v) is 4.36. The third kappa shape index (κ3) is 2.76. The summed E-state index contributed by atoms with van der Waals surface area (Å²) < 4.78 is 1.77. The van der Waals surface area contributed by atoms with Crippen LogP contribution in [0.25, 0.3) is 10.9 Å². The first kappa shape index (κ1) is 14.8. The lowest BCUT2D eigenvalue weighted by Crippen LogP contribution is -2.29. The minimum atomic E-state index is -0.945. The molecule has 2 heterocycles. The van der Waals surface area contributed by atoms with E-state index in [0.717, 1.165) is 36.1 Å². The van der Waals surface area contributed by atoms with Crippen molar-refractivity contribution in [3.63, 3.8) is 0 Å². The number of fused-ring (bicyclic) bond motifs is 1.